The predicted molar refractivity (Wildman–Crippen MR) is 129 cm³/mol. The van der Waals surface area contributed by atoms with Crippen LogP contribution in [-0.4, -0.2) is 34.4 Å². The highest BCUT2D eigenvalue weighted by Crippen LogP contribution is 2.15. The van der Waals surface area contributed by atoms with Crippen molar-refractivity contribution in [1.82, 2.24) is 0 Å². The molecule has 1 atom stereocenters. The zero-order valence-corrected chi connectivity index (χ0v) is 21.3. The molecule has 0 aromatic carbocycles. The second-order valence-corrected chi connectivity index (χ2v) is 15.2. The third-order valence-electron chi connectivity index (χ3n) is 5.41. The van der Waals surface area contributed by atoms with Gasteiger partial charge in [0.1, 0.15) is 0 Å². The van der Waals surface area contributed by atoms with Crippen LogP contribution in [0.1, 0.15) is 90.4 Å². The monoisotopic (exact) mass is 426 g/mol. The van der Waals surface area contributed by atoms with E-state index < -0.39 is 8.07 Å². The first-order valence-corrected chi connectivity index (χ1v) is 15.9. The Bertz CT molecular complexity index is 401. The summed E-state index contributed by atoms with van der Waals surface area (Å²) in [6.07, 6.45) is 21.1. The summed E-state index contributed by atoms with van der Waals surface area (Å²) in [6, 6.07) is 1.15. The van der Waals surface area contributed by atoms with Crippen molar-refractivity contribution in [3.8, 4) is 0 Å². The first-order chi connectivity index (χ1) is 13.9. The Morgan fingerprint density at radius 1 is 0.862 bits per heavy atom. The second kappa shape index (κ2) is 19.4. The third kappa shape index (κ3) is 20.4. The van der Waals surface area contributed by atoms with Crippen LogP contribution in [0.15, 0.2) is 12.2 Å². The van der Waals surface area contributed by atoms with Crippen LogP contribution in [0, 0.1) is 5.92 Å². The van der Waals surface area contributed by atoms with E-state index in [0.717, 1.165) is 25.5 Å². The van der Waals surface area contributed by atoms with Gasteiger partial charge in [-0.3, -0.25) is 4.79 Å². The molecule has 172 valence electrons. The molecule has 0 amide bonds. The SMILES string of the molecule is CCCCCCCC/C=C\CCCCCC[C@@H](COCC[Si](C)(C)C)C(=O)OC. The standard InChI is InChI=1S/C25H50O3Si/c1-6-7-8-9-10-11-12-13-14-15-16-17-18-19-20-24(25(26)27-2)23-28-21-22-29(3,4)5/h13-14,24H,6-12,15-23H2,1-5H3/b14-13-/t24-/m0/s1. The van der Waals surface area contributed by atoms with Crippen molar-refractivity contribution >= 4 is 14.0 Å². The van der Waals surface area contributed by atoms with E-state index in [1.54, 1.807) is 0 Å². The fourth-order valence-corrected chi connectivity index (χ4v) is 4.08. The molecule has 0 saturated heterocycles. The highest BCUT2D eigenvalue weighted by Gasteiger charge is 2.20. The van der Waals surface area contributed by atoms with Crippen molar-refractivity contribution in [3.63, 3.8) is 0 Å². The van der Waals surface area contributed by atoms with Crippen LogP contribution in [0.5, 0.6) is 0 Å². The summed E-state index contributed by atoms with van der Waals surface area (Å²) >= 11 is 0. The van der Waals surface area contributed by atoms with Crippen LogP contribution in [0.25, 0.3) is 0 Å². The van der Waals surface area contributed by atoms with Crippen LogP contribution >= 0.6 is 0 Å². The average molecular weight is 427 g/mol. The highest BCUT2D eigenvalue weighted by atomic mass is 28.3. The van der Waals surface area contributed by atoms with E-state index in [9.17, 15) is 4.79 Å². The normalized spacial score (nSPS) is 13.1. The van der Waals surface area contributed by atoms with E-state index in [-0.39, 0.29) is 11.9 Å². The topological polar surface area (TPSA) is 35.5 Å². The molecule has 0 N–H and O–H groups in total. The van der Waals surface area contributed by atoms with Gasteiger partial charge in [-0.2, -0.15) is 0 Å². The van der Waals surface area contributed by atoms with E-state index in [4.69, 9.17) is 9.47 Å². The molecule has 0 aliphatic heterocycles. The molecule has 0 aliphatic carbocycles. The van der Waals surface area contributed by atoms with Gasteiger partial charge < -0.3 is 9.47 Å². The quantitative estimate of drug-likeness (QED) is 0.0862. The van der Waals surface area contributed by atoms with Crippen molar-refractivity contribution in [2.45, 2.75) is 116 Å². The summed E-state index contributed by atoms with van der Waals surface area (Å²) in [5.41, 5.74) is 0. The fraction of sp³-hybridized carbons (Fsp3) is 0.880. The van der Waals surface area contributed by atoms with Crippen molar-refractivity contribution in [2.24, 2.45) is 5.92 Å². The number of hydrogen-bond donors (Lipinski definition) is 0. The smallest absolute Gasteiger partial charge is 0.311 e. The minimum Gasteiger partial charge on any atom is -0.469 e. The molecular weight excluding hydrogens is 376 g/mol. The largest absolute Gasteiger partial charge is 0.469 e. The molecule has 0 fully saturated rings. The predicted octanol–water partition coefficient (Wildman–Crippen LogP) is 7.78. The van der Waals surface area contributed by atoms with E-state index in [1.165, 1.54) is 77.7 Å². The Labute approximate surface area is 183 Å². The number of rotatable bonds is 20. The molecule has 3 nitrogen and oxygen atoms in total. The molecule has 0 aromatic rings. The van der Waals surface area contributed by atoms with E-state index in [0.29, 0.717) is 6.61 Å². The Balaban J connectivity index is 3.67. The van der Waals surface area contributed by atoms with Gasteiger partial charge in [-0.05, 0) is 38.1 Å². The van der Waals surface area contributed by atoms with Gasteiger partial charge in [0.15, 0.2) is 0 Å². The van der Waals surface area contributed by atoms with Gasteiger partial charge in [0.05, 0.1) is 19.6 Å². The maximum Gasteiger partial charge on any atom is 0.311 e. The Morgan fingerprint density at radius 3 is 1.97 bits per heavy atom. The molecular formula is C25H50O3Si. The summed E-state index contributed by atoms with van der Waals surface area (Å²) < 4.78 is 10.7. The number of carbonyl (C=O) groups excluding carboxylic acids is 1. The van der Waals surface area contributed by atoms with Gasteiger partial charge in [0.25, 0.3) is 0 Å². The van der Waals surface area contributed by atoms with Crippen molar-refractivity contribution < 1.29 is 14.3 Å². The molecule has 0 unspecified atom stereocenters. The minimum atomic E-state index is -1.07. The van der Waals surface area contributed by atoms with E-state index in [2.05, 4.69) is 38.7 Å². The Morgan fingerprint density at radius 2 is 1.41 bits per heavy atom. The number of methoxy groups -OCH3 is 1. The van der Waals surface area contributed by atoms with Gasteiger partial charge in [0.2, 0.25) is 0 Å². The van der Waals surface area contributed by atoms with Gasteiger partial charge >= 0.3 is 5.97 Å². The summed E-state index contributed by atoms with van der Waals surface area (Å²) in [5.74, 6) is -0.213. The number of allylic oxidation sites excluding steroid dienone is 2. The van der Waals surface area contributed by atoms with Crippen molar-refractivity contribution in [1.29, 1.82) is 0 Å². The molecule has 0 radical (unpaired) electrons. The molecule has 0 heterocycles. The highest BCUT2D eigenvalue weighted by molar-refractivity contribution is 6.76. The van der Waals surface area contributed by atoms with Gasteiger partial charge in [-0.15, -0.1) is 0 Å². The van der Waals surface area contributed by atoms with Crippen molar-refractivity contribution in [2.75, 3.05) is 20.3 Å². The molecule has 0 aromatic heterocycles. The first-order valence-electron chi connectivity index (χ1n) is 12.2. The second-order valence-electron chi connectivity index (χ2n) is 9.63. The maximum absolute atomic E-state index is 12.0. The fourth-order valence-electron chi connectivity index (χ4n) is 3.32. The lowest BCUT2D eigenvalue weighted by Gasteiger charge is -2.18. The number of carbonyl (C=O) groups is 1. The van der Waals surface area contributed by atoms with E-state index in [1.807, 2.05) is 0 Å². The van der Waals surface area contributed by atoms with Crippen LogP contribution in [-0.2, 0) is 14.3 Å². The molecule has 0 rings (SSSR count). The lowest BCUT2D eigenvalue weighted by Crippen LogP contribution is -2.25. The Kier molecular flexibility index (Phi) is 18.9. The summed E-state index contributed by atoms with van der Waals surface area (Å²) in [5, 5.41) is 0. The minimum absolute atomic E-state index is 0.0983. The first kappa shape index (κ1) is 28.4. The molecule has 0 aliphatic rings. The number of hydrogen-bond acceptors (Lipinski definition) is 3. The average Bonchev–Trinajstić information content (AvgIpc) is 2.68. The van der Waals surface area contributed by atoms with Gasteiger partial charge in [0, 0.05) is 14.7 Å². The van der Waals surface area contributed by atoms with E-state index >= 15 is 0 Å². The van der Waals surface area contributed by atoms with Crippen LogP contribution < -0.4 is 0 Å². The van der Waals surface area contributed by atoms with Gasteiger partial charge in [-0.1, -0.05) is 90.1 Å². The molecule has 4 heteroatoms. The zero-order valence-electron chi connectivity index (χ0n) is 20.3. The lowest BCUT2D eigenvalue weighted by atomic mass is 10.0. The number of esters is 1. The summed E-state index contributed by atoms with van der Waals surface area (Å²) in [4.78, 5) is 12.0. The number of ether oxygens (including phenoxy) is 2. The zero-order chi connectivity index (χ0) is 21.8. The van der Waals surface area contributed by atoms with Crippen molar-refractivity contribution in [3.05, 3.63) is 12.2 Å². The number of unbranched alkanes of at least 4 members (excludes halogenated alkanes) is 10. The van der Waals surface area contributed by atoms with Crippen LogP contribution in [0.2, 0.25) is 25.7 Å². The van der Waals surface area contributed by atoms with Crippen LogP contribution in [0.3, 0.4) is 0 Å². The Hall–Kier alpha value is -0.613. The maximum atomic E-state index is 12.0. The van der Waals surface area contributed by atoms with Gasteiger partial charge in [-0.25, -0.2) is 0 Å². The summed E-state index contributed by atoms with van der Waals surface area (Å²) in [6.45, 7) is 10.6. The van der Waals surface area contributed by atoms with Crippen LogP contribution in [0.4, 0.5) is 0 Å². The lowest BCUT2D eigenvalue weighted by molar-refractivity contribution is -0.147. The molecule has 0 bridgehead atoms. The molecule has 0 spiro atoms. The summed E-state index contributed by atoms with van der Waals surface area (Å²) in [7, 11) is 0.407. The third-order valence-corrected chi connectivity index (χ3v) is 7.12. The molecule has 0 saturated carbocycles. The molecule has 29 heavy (non-hydrogen) atoms.